The van der Waals surface area contributed by atoms with E-state index in [1.165, 1.54) is 212 Å². The molecule has 9 nitrogen and oxygen atoms in total. The highest BCUT2D eigenvalue weighted by molar-refractivity contribution is 5.76. The van der Waals surface area contributed by atoms with Crippen LogP contribution in [0.5, 0.6) is 0 Å². The van der Waals surface area contributed by atoms with Crippen LogP contribution in [0.25, 0.3) is 0 Å². The molecule has 1 rings (SSSR count). The van der Waals surface area contributed by atoms with E-state index in [4.69, 9.17) is 9.47 Å². The molecule has 0 bridgehead atoms. The highest BCUT2D eigenvalue weighted by atomic mass is 16.7. The van der Waals surface area contributed by atoms with Gasteiger partial charge in [-0.2, -0.15) is 0 Å². The first-order chi connectivity index (χ1) is 30.8. The monoisotopic (exact) mass is 896 g/mol. The third-order valence-electron chi connectivity index (χ3n) is 13.4. The summed E-state index contributed by atoms with van der Waals surface area (Å²) in [4.78, 5) is 13.0. The molecule has 0 aromatic rings. The SMILES string of the molecule is CCCCCCCCCCCCCCCCCCCCCCCC/C=C/C(O)C(COC1OC(CO)C(O)C(O)C1O)NC(=O)CCCCCCCCCCCCCCCCCC. The van der Waals surface area contributed by atoms with Crippen molar-refractivity contribution in [3.63, 3.8) is 0 Å². The highest BCUT2D eigenvalue weighted by Gasteiger charge is 2.44. The summed E-state index contributed by atoms with van der Waals surface area (Å²) < 4.78 is 11.3. The van der Waals surface area contributed by atoms with E-state index >= 15 is 0 Å². The molecular formula is C54H105NO8. The first kappa shape index (κ1) is 59.9. The molecule has 6 N–H and O–H groups in total. The van der Waals surface area contributed by atoms with Crippen LogP contribution in [0.3, 0.4) is 0 Å². The number of allylic oxidation sites excluding steroid dienone is 1. The molecule has 7 unspecified atom stereocenters. The Balaban J connectivity index is 2.24. The Morgan fingerprint density at radius 1 is 0.524 bits per heavy atom. The van der Waals surface area contributed by atoms with E-state index in [2.05, 4.69) is 19.2 Å². The number of unbranched alkanes of at least 4 members (excludes halogenated alkanes) is 37. The summed E-state index contributed by atoms with van der Waals surface area (Å²) in [6.07, 6.45) is 47.0. The summed E-state index contributed by atoms with van der Waals surface area (Å²) in [5.74, 6) is -0.171. The molecule has 0 aromatic carbocycles. The number of amides is 1. The quantitative estimate of drug-likeness (QED) is 0.0261. The number of hydrogen-bond acceptors (Lipinski definition) is 8. The minimum Gasteiger partial charge on any atom is -0.394 e. The number of ether oxygens (including phenoxy) is 2. The Bertz CT molecular complexity index is 997. The lowest BCUT2D eigenvalue weighted by molar-refractivity contribution is -0.302. The molecule has 1 fully saturated rings. The summed E-state index contributed by atoms with van der Waals surface area (Å²) >= 11 is 0. The molecule has 0 radical (unpaired) electrons. The van der Waals surface area contributed by atoms with Gasteiger partial charge < -0.3 is 40.3 Å². The maximum Gasteiger partial charge on any atom is 0.220 e. The smallest absolute Gasteiger partial charge is 0.220 e. The number of aliphatic hydroxyl groups excluding tert-OH is 5. The Morgan fingerprint density at radius 2 is 0.873 bits per heavy atom. The lowest BCUT2D eigenvalue weighted by atomic mass is 9.99. The van der Waals surface area contributed by atoms with Gasteiger partial charge >= 0.3 is 0 Å². The van der Waals surface area contributed by atoms with Crippen LogP contribution in [0.2, 0.25) is 0 Å². The van der Waals surface area contributed by atoms with Crippen LogP contribution in [0.4, 0.5) is 0 Å². The van der Waals surface area contributed by atoms with Crippen LogP contribution in [0.1, 0.15) is 271 Å². The van der Waals surface area contributed by atoms with Crippen LogP contribution in [0.15, 0.2) is 12.2 Å². The van der Waals surface area contributed by atoms with Crippen molar-refractivity contribution in [2.45, 2.75) is 314 Å². The first-order valence-electron chi connectivity index (χ1n) is 27.4. The van der Waals surface area contributed by atoms with Crippen LogP contribution in [-0.2, 0) is 14.3 Å². The van der Waals surface area contributed by atoms with E-state index in [-0.39, 0.29) is 12.5 Å². The van der Waals surface area contributed by atoms with Crippen molar-refractivity contribution in [2.24, 2.45) is 0 Å². The van der Waals surface area contributed by atoms with Crippen molar-refractivity contribution in [1.82, 2.24) is 5.32 Å². The molecule has 0 spiro atoms. The van der Waals surface area contributed by atoms with Gasteiger partial charge in [-0.15, -0.1) is 0 Å². The van der Waals surface area contributed by atoms with Gasteiger partial charge in [-0.25, -0.2) is 0 Å². The number of carbonyl (C=O) groups excluding carboxylic acids is 1. The fourth-order valence-electron chi connectivity index (χ4n) is 8.98. The largest absolute Gasteiger partial charge is 0.394 e. The molecule has 0 saturated carbocycles. The molecule has 1 aliphatic rings. The van der Waals surface area contributed by atoms with E-state index < -0.39 is 49.5 Å². The van der Waals surface area contributed by atoms with Gasteiger partial charge in [0.2, 0.25) is 5.91 Å². The van der Waals surface area contributed by atoms with E-state index in [0.29, 0.717) is 6.42 Å². The normalized spacial score (nSPS) is 20.1. The predicted octanol–water partition coefficient (Wildman–Crippen LogP) is 12.8. The van der Waals surface area contributed by atoms with Gasteiger partial charge in [-0.1, -0.05) is 257 Å². The average Bonchev–Trinajstić information content (AvgIpc) is 3.28. The Kier molecular flexibility index (Phi) is 42.6. The number of aliphatic hydroxyl groups is 5. The molecule has 63 heavy (non-hydrogen) atoms. The van der Waals surface area contributed by atoms with Crippen molar-refractivity contribution in [3.8, 4) is 0 Å². The summed E-state index contributed by atoms with van der Waals surface area (Å²) in [5, 5.41) is 54.4. The lowest BCUT2D eigenvalue weighted by Gasteiger charge is -2.40. The molecule has 374 valence electrons. The number of carbonyl (C=O) groups is 1. The summed E-state index contributed by atoms with van der Waals surface area (Å²) in [5.41, 5.74) is 0. The third kappa shape index (κ3) is 34.8. The molecule has 1 amide bonds. The molecular weight excluding hydrogens is 791 g/mol. The number of hydrogen-bond donors (Lipinski definition) is 6. The summed E-state index contributed by atoms with van der Waals surface area (Å²) in [7, 11) is 0. The molecule has 1 aliphatic heterocycles. The predicted molar refractivity (Wildman–Crippen MR) is 263 cm³/mol. The van der Waals surface area contributed by atoms with Crippen molar-refractivity contribution in [1.29, 1.82) is 0 Å². The zero-order valence-corrected chi connectivity index (χ0v) is 41.4. The summed E-state index contributed by atoms with van der Waals surface area (Å²) in [6.45, 7) is 3.81. The standard InChI is InChI=1S/C54H105NO8/c1-3-5-7-9-11-13-15-17-19-21-22-23-24-25-26-27-28-29-31-33-35-37-39-41-43-48(57)47(46-62-54-53(61)52(60)51(59)49(45-56)63-54)55-50(58)44-42-40-38-36-34-32-30-20-18-16-14-12-10-8-6-4-2/h41,43,47-49,51-54,56-57,59-61H,3-40,42,44-46H2,1-2H3,(H,55,58)/b43-41+. The third-order valence-corrected chi connectivity index (χ3v) is 13.4. The van der Waals surface area contributed by atoms with E-state index in [0.717, 1.165) is 38.5 Å². The van der Waals surface area contributed by atoms with Crippen LogP contribution in [-0.4, -0.2) is 87.5 Å². The fourth-order valence-corrected chi connectivity index (χ4v) is 8.98. The lowest BCUT2D eigenvalue weighted by Crippen LogP contribution is -2.60. The van der Waals surface area contributed by atoms with Gasteiger partial charge in [-0.05, 0) is 19.3 Å². The Hall–Kier alpha value is -1.07. The van der Waals surface area contributed by atoms with Crippen molar-refractivity contribution >= 4 is 5.91 Å². The second-order valence-corrected chi connectivity index (χ2v) is 19.4. The minimum absolute atomic E-state index is 0.171. The Labute approximate surface area is 388 Å². The average molecular weight is 896 g/mol. The van der Waals surface area contributed by atoms with Gasteiger partial charge in [0.15, 0.2) is 6.29 Å². The van der Waals surface area contributed by atoms with E-state index in [9.17, 15) is 30.3 Å². The maximum absolute atomic E-state index is 13.0. The molecule has 7 atom stereocenters. The topological polar surface area (TPSA) is 149 Å². The molecule has 0 aliphatic carbocycles. The van der Waals surface area contributed by atoms with E-state index in [1.54, 1.807) is 6.08 Å². The van der Waals surface area contributed by atoms with Gasteiger partial charge in [0, 0.05) is 6.42 Å². The summed E-state index contributed by atoms with van der Waals surface area (Å²) in [6, 6.07) is -0.799. The fraction of sp³-hybridized carbons (Fsp3) is 0.944. The van der Waals surface area contributed by atoms with Crippen molar-refractivity contribution < 1.29 is 39.8 Å². The van der Waals surface area contributed by atoms with E-state index in [1.807, 2.05) is 6.08 Å². The van der Waals surface area contributed by atoms with Crippen LogP contribution >= 0.6 is 0 Å². The molecule has 0 aromatic heterocycles. The van der Waals surface area contributed by atoms with Crippen molar-refractivity contribution in [3.05, 3.63) is 12.2 Å². The van der Waals surface area contributed by atoms with Crippen LogP contribution in [0, 0.1) is 0 Å². The minimum atomic E-state index is -1.56. The second kappa shape index (κ2) is 44.7. The van der Waals surface area contributed by atoms with Crippen LogP contribution < -0.4 is 5.32 Å². The zero-order valence-electron chi connectivity index (χ0n) is 41.4. The zero-order chi connectivity index (χ0) is 45.9. The Morgan fingerprint density at radius 3 is 1.24 bits per heavy atom. The van der Waals surface area contributed by atoms with Gasteiger partial charge in [0.25, 0.3) is 0 Å². The van der Waals surface area contributed by atoms with Gasteiger partial charge in [0.1, 0.15) is 24.4 Å². The second-order valence-electron chi connectivity index (χ2n) is 19.4. The van der Waals surface area contributed by atoms with Gasteiger partial charge in [0.05, 0.1) is 25.4 Å². The maximum atomic E-state index is 13.0. The molecule has 9 heteroatoms. The van der Waals surface area contributed by atoms with Crippen molar-refractivity contribution in [2.75, 3.05) is 13.2 Å². The highest BCUT2D eigenvalue weighted by Crippen LogP contribution is 2.23. The number of rotatable bonds is 47. The number of nitrogens with one attached hydrogen (secondary N) is 1. The van der Waals surface area contributed by atoms with Gasteiger partial charge in [-0.3, -0.25) is 4.79 Å². The first-order valence-corrected chi connectivity index (χ1v) is 27.4. The molecule has 1 heterocycles. The molecule has 1 saturated heterocycles.